The van der Waals surface area contributed by atoms with E-state index in [0.717, 1.165) is 24.3 Å². The molecule has 0 amide bonds. The van der Waals surface area contributed by atoms with E-state index in [-0.39, 0.29) is 34.4 Å². The number of alkyl halides is 3. The lowest BCUT2D eigenvalue weighted by Crippen LogP contribution is -2.13. The van der Waals surface area contributed by atoms with Gasteiger partial charge >= 0.3 is 12.3 Å². The number of nitro benzene ring substituents is 1. The second kappa shape index (κ2) is 9.41. The molecule has 9 nitrogen and oxygen atoms in total. The minimum Gasteiger partial charge on any atom is -0.456 e. The first kappa shape index (κ1) is 22.9. The van der Waals surface area contributed by atoms with Crippen molar-refractivity contribution in [3.05, 3.63) is 62.7 Å². The SMILES string of the molecule is COCC(=NOC(=O)O)c1cc(Oc2ccc(C(F)(F)F)cc2Cl)ccc1[N+](=O)[O-]. The molecule has 0 fully saturated rings. The van der Waals surface area contributed by atoms with Gasteiger partial charge in [0.05, 0.1) is 27.7 Å². The van der Waals surface area contributed by atoms with Crippen LogP contribution in [0.15, 0.2) is 41.6 Å². The Balaban J connectivity index is 2.46. The van der Waals surface area contributed by atoms with Crippen molar-refractivity contribution in [1.29, 1.82) is 0 Å². The molecule has 0 unspecified atom stereocenters. The van der Waals surface area contributed by atoms with Gasteiger partial charge < -0.3 is 14.6 Å². The molecule has 0 heterocycles. The standard InChI is InChI=1S/C17H12ClF3N2O7/c1-28-8-13(22-30-16(24)25)11-7-10(3-4-14(11)23(26)27)29-15-5-2-9(6-12(15)18)17(19,20)21/h2-7H,8H2,1H3,(H,24,25). The highest BCUT2D eigenvalue weighted by atomic mass is 35.5. The summed E-state index contributed by atoms with van der Waals surface area (Å²) >= 11 is 5.84. The summed E-state index contributed by atoms with van der Waals surface area (Å²) in [6, 6.07) is 5.75. The van der Waals surface area contributed by atoms with Crippen LogP contribution in [0.2, 0.25) is 5.02 Å². The number of hydrogen-bond acceptors (Lipinski definition) is 7. The van der Waals surface area contributed by atoms with E-state index in [4.69, 9.17) is 26.2 Å². The van der Waals surface area contributed by atoms with Gasteiger partial charge in [0.15, 0.2) is 0 Å². The maximum atomic E-state index is 12.7. The molecule has 0 spiro atoms. The average molecular weight is 449 g/mol. The van der Waals surface area contributed by atoms with Gasteiger partial charge in [-0.3, -0.25) is 15.0 Å². The zero-order valence-corrected chi connectivity index (χ0v) is 15.7. The minimum atomic E-state index is -4.60. The van der Waals surface area contributed by atoms with Crippen LogP contribution in [-0.2, 0) is 15.8 Å². The summed E-state index contributed by atoms with van der Waals surface area (Å²) in [6.45, 7) is -0.349. The molecular formula is C17H12ClF3N2O7. The number of hydrogen-bond donors (Lipinski definition) is 1. The Morgan fingerprint density at radius 1 is 1.27 bits per heavy atom. The molecule has 0 aliphatic heterocycles. The van der Waals surface area contributed by atoms with Gasteiger partial charge in [-0.15, -0.1) is 0 Å². The molecule has 0 bridgehead atoms. The topological polar surface area (TPSA) is 120 Å². The second-order valence-corrected chi connectivity index (χ2v) is 5.92. The van der Waals surface area contributed by atoms with Crippen molar-refractivity contribution in [1.82, 2.24) is 0 Å². The molecule has 0 aliphatic rings. The molecule has 30 heavy (non-hydrogen) atoms. The highest BCUT2D eigenvalue weighted by molar-refractivity contribution is 6.32. The summed E-state index contributed by atoms with van der Waals surface area (Å²) in [5.41, 5.74) is -1.88. The van der Waals surface area contributed by atoms with E-state index in [1.165, 1.54) is 13.2 Å². The Kier molecular flexibility index (Phi) is 7.19. The smallest absolute Gasteiger partial charge is 0.456 e. The van der Waals surface area contributed by atoms with E-state index in [2.05, 4.69) is 9.99 Å². The molecule has 1 N–H and O–H groups in total. The van der Waals surface area contributed by atoms with Crippen molar-refractivity contribution in [2.24, 2.45) is 5.16 Å². The zero-order chi connectivity index (χ0) is 22.5. The first-order valence-electron chi connectivity index (χ1n) is 7.82. The Labute approximate surface area is 171 Å². The van der Waals surface area contributed by atoms with E-state index >= 15 is 0 Å². The lowest BCUT2D eigenvalue weighted by molar-refractivity contribution is -0.385. The molecule has 0 saturated heterocycles. The summed E-state index contributed by atoms with van der Waals surface area (Å²) in [6.07, 6.45) is -6.35. The van der Waals surface area contributed by atoms with Crippen LogP contribution in [0.4, 0.5) is 23.7 Å². The number of carbonyl (C=O) groups is 1. The summed E-state index contributed by atoms with van der Waals surface area (Å²) in [7, 11) is 1.24. The lowest BCUT2D eigenvalue weighted by atomic mass is 10.1. The van der Waals surface area contributed by atoms with E-state index in [9.17, 15) is 28.1 Å². The van der Waals surface area contributed by atoms with Gasteiger partial charge in [-0.1, -0.05) is 16.8 Å². The number of carboxylic acid groups (broad SMARTS) is 1. The molecular weight excluding hydrogens is 437 g/mol. The normalized spacial score (nSPS) is 11.8. The van der Waals surface area contributed by atoms with Gasteiger partial charge in [0, 0.05) is 13.2 Å². The number of benzene rings is 2. The zero-order valence-electron chi connectivity index (χ0n) is 15.0. The molecule has 2 aromatic carbocycles. The van der Waals surface area contributed by atoms with E-state index in [1.807, 2.05) is 0 Å². The van der Waals surface area contributed by atoms with Crippen LogP contribution in [0.3, 0.4) is 0 Å². The Hall–Kier alpha value is -3.38. The minimum absolute atomic E-state index is 0.0450. The van der Waals surface area contributed by atoms with E-state index < -0.39 is 28.5 Å². The van der Waals surface area contributed by atoms with Gasteiger partial charge in [-0.2, -0.15) is 13.2 Å². The first-order chi connectivity index (χ1) is 14.0. The van der Waals surface area contributed by atoms with E-state index in [1.54, 1.807) is 0 Å². The first-order valence-corrected chi connectivity index (χ1v) is 8.20. The fraction of sp³-hybridized carbons (Fsp3) is 0.176. The van der Waals surface area contributed by atoms with Gasteiger partial charge in [-0.05, 0) is 30.3 Å². The van der Waals surface area contributed by atoms with Crippen LogP contribution in [0, 0.1) is 10.1 Å². The highest BCUT2D eigenvalue weighted by Crippen LogP contribution is 2.37. The Morgan fingerprint density at radius 3 is 2.50 bits per heavy atom. The maximum absolute atomic E-state index is 12.7. The summed E-state index contributed by atoms with van der Waals surface area (Å²) < 4.78 is 48.5. The Bertz CT molecular complexity index is 996. The number of methoxy groups -OCH3 is 1. The molecule has 13 heteroatoms. The fourth-order valence-corrected chi connectivity index (χ4v) is 2.46. The predicted octanol–water partition coefficient (Wildman–Crippen LogP) is 5.10. The second-order valence-electron chi connectivity index (χ2n) is 5.51. The molecule has 0 radical (unpaired) electrons. The van der Waals surface area contributed by atoms with Crippen molar-refractivity contribution in [3.8, 4) is 11.5 Å². The van der Waals surface area contributed by atoms with Crippen molar-refractivity contribution in [2.75, 3.05) is 13.7 Å². The lowest BCUT2D eigenvalue weighted by Gasteiger charge is -2.12. The Morgan fingerprint density at radius 2 is 1.97 bits per heavy atom. The molecule has 2 rings (SSSR count). The number of halogens is 4. The molecule has 160 valence electrons. The van der Waals surface area contributed by atoms with Crippen LogP contribution in [0.1, 0.15) is 11.1 Å². The van der Waals surface area contributed by atoms with Crippen molar-refractivity contribution < 1.29 is 42.3 Å². The third kappa shape index (κ3) is 5.81. The predicted molar refractivity (Wildman–Crippen MR) is 97.1 cm³/mol. The third-order valence-electron chi connectivity index (χ3n) is 3.48. The molecule has 0 aromatic heterocycles. The molecule has 0 atom stereocenters. The fourth-order valence-electron chi connectivity index (χ4n) is 2.24. The van der Waals surface area contributed by atoms with Crippen LogP contribution in [0.25, 0.3) is 0 Å². The van der Waals surface area contributed by atoms with Gasteiger partial charge in [0.2, 0.25) is 0 Å². The summed E-state index contributed by atoms with van der Waals surface area (Å²) in [4.78, 5) is 25.2. The maximum Gasteiger partial charge on any atom is 0.532 e. The number of oxime groups is 1. The van der Waals surface area contributed by atoms with Crippen molar-refractivity contribution in [3.63, 3.8) is 0 Å². The number of nitrogens with zero attached hydrogens (tertiary/aromatic N) is 2. The van der Waals surface area contributed by atoms with Crippen molar-refractivity contribution >= 4 is 29.2 Å². The molecule has 0 saturated carbocycles. The van der Waals surface area contributed by atoms with E-state index in [0.29, 0.717) is 6.07 Å². The van der Waals surface area contributed by atoms with Crippen LogP contribution in [-0.4, -0.2) is 35.6 Å². The number of rotatable bonds is 7. The van der Waals surface area contributed by atoms with Crippen LogP contribution in [0.5, 0.6) is 11.5 Å². The average Bonchev–Trinajstić information content (AvgIpc) is 2.65. The largest absolute Gasteiger partial charge is 0.532 e. The number of ether oxygens (including phenoxy) is 2. The quantitative estimate of drug-likeness (QED) is 0.270. The summed E-state index contributed by atoms with van der Waals surface area (Å²) in [5, 5.41) is 22.9. The number of nitro groups is 1. The van der Waals surface area contributed by atoms with Crippen molar-refractivity contribution in [2.45, 2.75) is 6.18 Å². The molecule has 0 aliphatic carbocycles. The highest BCUT2D eigenvalue weighted by Gasteiger charge is 2.31. The monoisotopic (exact) mass is 448 g/mol. The van der Waals surface area contributed by atoms with Gasteiger partial charge in [0.25, 0.3) is 5.69 Å². The van der Waals surface area contributed by atoms with Gasteiger partial charge in [-0.25, -0.2) is 4.79 Å². The third-order valence-corrected chi connectivity index (χ3v) is 3.77. The van der Waals surface area contributed by atoms with Gasteiger partial charge in [0.1, 0.15) is 17.2 Å². The van der Waals surface area contributed by atoms with Crippen LogP contribution >= 0.6 is 11.6 Å². The molecule has 2 aromatic rings. The summed E-state index contributed by atoms with van der Waals surface area (Å²) in [5.74, 6) is -0.187. The van der Waals surface area contributed by atoms with Crippen LogP contribution < -0.4 is 4.74 Å².